The zero-order valence-electron chi connectivity index (χ0n) is 12.5. The quantitative estimate of drug-likeness (QED) is 0.607. The summed E-state index contributed by atoms with van der Waals surface area (Å²) in [6.45, 7) is 1.70. The van der Waals surface area contributed by atoms with Gasteiger partial charge in [0.15, 0.2) is 0 Å². The average molecular weight is 404 g/mol. The predicted octanol–water partition coefficient (Wildman–Crippen LogP) is 4.34. The molecule has 8 heteroatoms. The molecule has 0 amide bonds. The van der Waals surface area contributed by atoms with E-state index in [0.717, 1.165) is 23.1 Å². The summed E-state index contributed by atoms with van der Waals surface area (Å²) in [5.41, 5.74) is 0.251. The van der Waals surface area contributed by atoms with Crippen molar-refractivity contribution in [1.82, 2.24) is 4.98 Å². The zero-order chi connectivity index (χ0) is 17.3. The topological polar surface area (TPSA) is 28.2 Å². The molecule has 0 bridgehead atoms. The molecule has 2 heterocycles. The molecule has 128 valence electrons. The van der Waals surface area contributed by atoms with E-state index in [4.69, 9.17) is 0 Å². The van der Waals surface area contributed by atoms with E-state index in [2.05, 4.69) is 31.1 Å². The molecule has 24 heavy (non-hydrogen) atoms. The third-order valence-electron chi connectivity index (χ3n) is 4.04. The van der Waals surface area contributed by atoms with E-state index in [-0.39, 0.29) is 12.5 Å². The Hall–Kier alpha value is -1.83. The van der Waals surface area contributed by atoms with E-state index < -0.39 is 29.2 Å². The highest BCUT2D eigenvalue weighted by atomic mass is 79.9. The number of hydrogen-bond donors (Lipinski definition) is 1. The summed E-state index contributed by atoms with van der Waals surface area (Å²) in [6, 6.07) is 7.84. The predicted molar refractivity (Wildman–Crippen MR) is 87.0 cm³/mol. The zero-order valence-corrected chi connectivity index (χ0v) is 14.1. The Kier molecular flexibility index (Phi) is 4.93. The van der Waals surface area contributed by atoms with Gasteiger partial charge in [-0.25, -0.2) is 0 Å². The summed E-state index contributed by atoms with van der Waals surface area (Å²) in [6.07, 6.45) is 0.808. The summed E-state index contributed by atoms with van der Waals surface area (Å²) >= 11 is 3.38. The number of benzene rings is 1. The van der Waals surface area contributed by atoms with E-state index in [9.17, 15) is 17.6 Å². The fourth-order valence-electron chi connectivity index (χ4n) is 2.77. The summed E-state index contributed by atoms with van der Waals surface area (Å²) < 4.78 is 54.3. The fourth-order valence-corrected chi connectivity index (χ4v) is 3.04. The van der Waals surface area contributed by atoms with Crippen LogP contribution in [0.25, 0.3) is 0 Å². The summed E-state index contributed by atoms with van der Waals surface area (Å²) in [4.78, 5) is 4.69. The lowest BCUT2D eigenvalue weighted by Crippen LogP contribution is -2.23. The first-order chi connectivity index (χ1) is 11.5. The van der Waals surface area contributed by atoms with Crippen molar-refractivity contribution in [2.75, 3.05) is 29.9 Å². The van der Waals surface area contributed by atoms with Gasteiger partial charge in [-0.3, -0.25) is 0 Å². The number of pyridine rings is 1. The molecule has 3 rings (SSSR count). The van der Waals surface area contributed by atoms with E-state index >= 15 is 0 Å². The minimum absolute atomic E-state index is 0.103. The second-order valence-electron chi connectivity index (χ2n) is 5.65. The van der Waals surface area contributed by atoms with Crippen molar-refractivity contribution >= 4 is 27.3 Å². The lowest BCUT2D eigenvalue weighted by atomic mass is 10.1. The van der Waals surface area contributed by atoms with Crippen molar-refractivity contribution in [2.45, 2.75) is 6.42 Å². The first-order valence-electron chi connectivity index (χ1n) is 7.40. The van der Waals surface area contributed by atoms with Gasteiger partial charge in [0.2, 0.25) is 11.6 Å². The molecule has 2 aromatic rings. The Balaban J connectivity index is 1.64. The van der Waals surface area contributed by atoms with Crippen LogP contribution in [0, 0.1) is 29.4 Å². The van der Waals surface area contributed by atoms with Crippen molar-refractivity contribution in [3.63, 3.8) is 0 Å². The summed E-state index contributed by atoms with van der Waals surface area (Å²) in [5, 5.41) is 2.48. The molecule has 0 saturated carbocycles. The van der Waals surface area contributed by atoms with Crippen molar-refractivity contribution in [1.29, 1.82) is 0 Å². The minimum atomic E-state index is -1.65. The molecule has 1 aromatic carbocycles. The van der Waals surface area contributed by atoms with Crippen LogP contribution in [0.3, 0.4) is 0 Å². The number of anilines is 2. The maximum atomic E-state index is 13.6. The molecule has 0 radical (unpaired) electrons. The lowest BCUT2D eigenvalue weighted by molar-refractivity contribution is 0.410. The second kappa shape index (κ2) is 6.96. The van der Waals surface area contributed by atoms with Gasteiger partial charge in [0.05, 0.1) is 0 Å². The number of nitrogens with one attached hydrogen (secondary N) is 1. The molecule has 0 aliphatic carbocycles. The molecular weight excluding hydrogens is 390 g/mol. The van der Waals surface area contributed by atoms with Crippen LogP contribution in [0.1, 0.15) is 6.42 Å². The summed E-state index contributed by atoms with van der Waals surface area (Å²) in [7, 11) is 0. The van der Waals surface area contributed by atoms with Crippen LogP contribution >= 0.6 is 15.9 Å². The third kappa shape index (κ3) is 3.48. The monoisotopic (exact) mass is 403 g/mol. The Morgan fingerprint density at radius 3 is 2.33 bits per heavy atom. The van der Waals surface area contributed by atoms with Gasteiger partial charge in [0, 0.05) is 29.8 Å². The molecule has 1 aliphatic rings. The van der Waals surface area contributed by atoms with Gasteiger partial charge in [-0.2, -0.15) is 22.5 Å². The first kappa shape index (κ1) is 17.0. The molecule has 1 saturated heterocycles. The van der Waals surface area contributed by atoms with E-state index in [1.807, 2.05) is 24.3 Å². The molecule has 0 spiro atoms. The van der Waals surface area contributed by atoms with Gasteiger partial charge in [-0.15, -0.1) is 0 Å². The van der Waals surface area contributed by atoms with Gasteiger partial charge >= 0.3 is 0 Å². The molecule has 3 nitrogen and oxygen atoms in total. The highest BCUT2D eigenvalue weighted by Gasteiger charge is 2.25. The van der Waals surface area contributed by atoms with E-state index in [1.165, 1.54) is 0 Å². The van der Waals surface area contributed by atoms with Gasteiger partial charge < -0.3 is 10.2 Å². The number of nitrogens with zero attached hydrogens (tertiary/aromatic N) is 2. The normalized spacial score (nSPS) is 17.4. The van der Waals surface area contributed by atoms with Crippen LogP contribution in [0.15, 0.2) is 28.7 Å². The van der Waals surface area contributed by atoms with E-state index in [1.54, 1.807) is 0 Å². The highest BCUT2D eigenvalue weighted by molar-refractivity contribution is 9.10. The number of rotatable bonds is 4. The second-order valence-corrected chi connectivity index (χ2v) is 6.57. The van der Waals surface area contributed by atoms with Crippen molar-refractivity contribution in [3.05, 3.63) is 52.3 Å². The van der Waals surface area contributed by atoms with Crippen molar-refractivity contribution in [3.8, 4) is 0 Å². The molecule has 1 fully saturated rings. The molecule has 1 aliphatic heterocycles. The fraction of sp³-hybridized carbons (Fsp3) is 0.312. The SMILES string of the molecule is Fc1nc(F)c(F)c(NCC2CCN(c3ccc(Br)cc3)C2)c1F. The first-order valence-corrected chi connectivity index (χ1v) is 8.19. The maximum Gasteiger partial charge on any atom is 0.253 e. The number of hydrogen-bond acceptors (Lipinski definition) is 3. The van der Waals surface area contributed by atoms with E-state index in [0.29, 0.717) is 6.54 Å². The van der Waals surface area contributed by atoms with Gasteiger partial charge in [-0.05, 0) is 36.6 Å². The van der Waals surface area contributed by atoms with Crippen LogP contribution in [-0.2, 0) is 0 Å². The molecular formula is C16H14BrF4N3. The van der Waals surface area contributed by atoms with Crippen LogP contribution in [-0.4, -0.2) is 24.6 Å². The Morgan fingerprint density at radius 1 is 1.08 bits per heavy atom. The molecule has 1 unspecified atom stereocenters. The van der Waals surface area contributed by atoms with Crippen LogP contribution < -0.4 is 10.2 Å². The smallest absolute Gasteiger partial charge is 0.253 e. The average Bonchev–Trinajstić information content (AvgIpc) is 3.02. The lowest BCUT2D eigenvalue weighted by Gasteiger charge is -2.19. The standard InChI is InChI=1S/C16H14BrF4N3/c17-10-1-3-11(4-2-10)24-6-5-9(8-24)7-22-14-12(18)15(20)23-16(21)13(14)19/h1-4,9H,5-8H2,(H,22,23). The Morgan fingerprint density at radius 2 is 1.71 bits per heavy atom. The largest absolute Gasteiger partial charge is 0.380 e. The number of aromatic nitrogens is 1. The molecule has 1 N–H and O–H groups in total. The Labute approximate surface area is 144 Å². The summed E-state index contributed by atoms with van der Waals surface area (Å²) in [5.74, 6) is -6.21. The van der Waals surface area contributed by atoms with Crippen LogP contribution in [0.5, 0.6) is 0 Å². The maximum absolute atomic E-state index is 13.6. The minimum Gasteiger partial charge on any atom is -0.380 e. The highest BCUT2D eigenvalue weighted by Crippen LogP contribution is 2.27. The van der Waals surface area contributed by atoms with Crippen molar-refractivity contribution < 1.29 is 17.6 Å². The van der Waals surface area contributed by atoms with Crippen LogP contribution in [0.4, 0.5) is 28.9 Å². The third-order valence-corrected chi connectivity index (χ3v) is 4.57. The Bertz CT molecular complexity index is 713. The van der Waals surface area contributed by atoms with Gasteiger partial charge in [0.25, 0.3) is 11.9 Å². The van der Waals surface area contributed by atoms with Crippen molar-refractivity contribution in [2.24, 2.45) is 5.92 Å². The molecule has 1 aromatic heterocycles. The van der Waals surface area contributed by atoms with Crippen LogP contribution in [0.2, 0.25) is 0 Å². The van der Waals surface area contributed by atoms with Gasteiger partial charge in [0.1, 0.15) is 5.69 Å². The molecule has 1 atom stereocenters. The van der Waals surface area contributed by atoms with Gasteiger partial charge in [-0.1, -0.05) is 15.9 Å². The number of halogens is 5.